The van der Waals surface area contributed by atoms with Gasteiger partial charge in [-0.2, -0.15) is 0 Å². The van der Waals surface area contributed by atoms with Crippen LogP contribution in [0.3, 0.4) is 0 Å². The number of amides is 1. The molecule has 0 saturated carbocycles. The Morgan fingerprint density at radius 1 is 1.29 bits per heavy atom. The molecule has 0 N–H and O–H groups in total. The summed E-state index contributed by atoms with van der Waals surface area (Å²) in [7, 11) is 0. The lowest BCUT2D eigenvalue weighted by molar-refractivity contribution is -0.150. The Morgan fingerprint density at radius 3 is 2.81 bits per heavy atom. The Hall–Kier alpha value is -1.49. The van der Waals surface area contributed by atoms with Crippen LogP contribution in [0.4, 0.5) is 0 Å². The molecule has 5 heteroatoms. The van der Waals surface area contributed by atoms with Crippen molar-refractivity contribution in [3.8, 4) is 0 Å². The van der Waals surface area contributed by atoms with Gasteiger partial charge in [0.2, 0.25) is 6.41 Å². The zero-order chi connectivity index (χ0) is 14.7. The van der Waals surface area contributed by atoms with Crippen molar-refractivity contribution in [2.24, 2.45) is 0 Å². The van der Waals surface area contributed by atoms with Crippen molar-refractivity contribution in [2.45, 2.75) is 30.6 Å². The lowest BCUT2D eigenvalue weighted by atomic mass is 10.0. The summed E-state index contributed by atoms with van der Waals surface area (Å²) in [5.74, 6) is 0.831. The van der Waals surface area contributed by atoms with E-state index in [4.69, 9.17) is 4.74 Å². The second-order valence-corrected chi connectivity index (χ2v) is 6.69. The number of hydrogen-bond donors (Lipinski definition) is 0. The predicted molar refractivity (Wildman–Crippen MR) is 82.1 cm³/mol. The summed E-state index contributed by atoms with van der Waals surface area (Å²) in [6, 6.07) is 8.13. The lowest BCUT2D eigenvalue weighted by Gasteiger charge is -2.31. The van der Waals surface area contributed by atoms with Gasteiger partial charge in [0.25, 0.3) is 0 Å². The largest absolute Gasteiger partial charge is 0.461 e. The van der Waals surface area contributed by atoms with Crippen LogP contribution in [0.1, 0.15) is 29.2 Å². The molecule has 2 heterocycles. The summed E-state index contributed by atoms with van der Waals surface area (Å²) in [6.07, 6.45) is 3.31. The smallest absolute Gasteiger partial charge is 0.323 e. The highest BCUT2D eigenvalue weighted by Crippen LogP contribution is 2.38. The minimum atomic E-state index is -0.195. The molecule has 0 aromatic heterocycles. The first-order valence-corrected chi connectivity index (χ1v) is 8.42. The van der Waals surface area contributed by atoms with E-state index >= 15 is 0 Å². The van der Waals surface area contributed by atoms with Crippen molar-refractivity contribution < 1.29 is 14.3 Å². The topological polar surface area (TPSA) is 46.6 Å². The average Bonchev–Trinajstić information content (AvgIpc) is 2.55. The first kappa shape index (κ1) is 14.4. The SMILES string of the molecule is O=CN1CCC(OC(=O)[C@H]2SCCc3ccccc32)CC1. The third-order valence-electron chi connectivity index (χ3n) is 4.12. The highest BCUT2D eigenvalue weighted by Gasteiger charge is 2.31. The quantitative estimate of drug-likeness (QED) is 0.634. The molecule has 2 aliphatic rings. The molecule has 1 aromatic carbocycles. The van der Waals surface area contributed by atoms with Crippen molar-refractivity contribution in [1.29, 1.82) is 0 Å². The number of esters is 1. The number of fused-ring (bicyclic) bond motifs is 1. The number of aryl methyl sites for hydroxylation is 1. The summed E-state index contributed by atoms with van der Waals surface area (Å²) < 4.78 is 5.68. The molecule has 0 radical (unpaired) electrons. The molecule has 0 spiro atoms. The molecule has 1 amide bonds. The minimum absolute atomic E-state index is 0.0524. The number of thioether (sulfide) groups is 1. The molecule has 4 nitrogen and oxygen atoms in total. The van der Waals surface area contributed by atoms with Gasteiger partial charge in [-0.1, -0.05) is 24.3 Å². The van der Waals surface area contributed by atoms with E-state index < -0.39 is 0 Å². The van der Waals surface area contributed by atoms with Crippen LogP contribution in [0.5, 0.6) is 0 Å². The fraction of sp³-hybridized carbons (Fsp3) is 0.500. The molecule has 0 aliphatic carbocycles. The summed E-state index contributed by atoms with van der Waals surface area (Å²) in [6.45, 7) is 1.35. The zero-order valence-electron chi connectivity index (χ0n) is 11.9. The number of carbonyl (C=O) groups excluding carboxylic acids is 2. The monoisotopic (exact) mass is 305 g/mol. The van der Waals surface area contributed by atoms with Crippen LogP contribution in [-0.2, 0) is 20.7 Å². The van der Waals surface area contributed by atoms with Crippen LogP contribution < -0.4 is 0 Å². The molecule has 1 saturated heterocycles. The van der Waals surface area contributed by atoms with Gasteiger partial charge in [0.05, 0.1) is 0 Å². The summed E-state index contributed by atoms with van der Waals surface area (Å²) in [5.41, 5.74) is 2.36. The number of benzene rings is 1. The minimum Gasteiger partial charge on any atom is -0.461 e. The van der Waals surface area contributed by atoms with Gasteiger partial charge in [0, 0.05) is 25.9 Å². The number of rotatable bonds is 3. The Morgan fingerprint density at radius 2 is 2.05 bits per heavy atom. The summed E-state index contributed by atoms with van der Waals surface area (Å²) >= 11 is 1.67. The standard InChI is InChI=1S/C16H19NO3S/c18-11-17-8-5-13(6-9-17)20-16(19)15-14-4-2-1-3-12(14)7-10-21-15/h1-4,11,13,15H,5-10H2/t15-/m0/s1. The van der Waals surface area contributed by atoms with Crippen LogP contribution in [0, 0.1) is 0 Å². The molecule has 3 rings (SSSR count). The van der Waals surface area contributed by atoms with Gasteiger partial charge in [0.15, 0.2) is 0 Å². The van der Waals surface area contributed by atoms with Gasteiger partial charge < -0.3 is 9.64 Å². The maximum atomic E-state index is 12.5. The van der Waals surface area contributed by atoms with Crippen LogP contribution in [-0.4, -0.2) is 42.2 Å². The van der Waals surface area contributed by atoms with Gasteiger partial charge in [0.1, 0.15) is 11.4 Å². The lowest BCUT2D eigenvalue weighted by Crippen LogP contribution is -2.37. The second-order valence-electron chi connectivity index (χ2n) is 5.48. The van der Waals surface area contributed by atoms with E-state index in [-0.39, 0.29) is 17.3 Å². The van der Waals surface area contributed by atoms with Crippen molar-refractivity contribution in [2.75, 3.05) is 18.8 Å². The second kappa shape index (κ2) is 6.52. The Bertz CT molecular complexity index is 526. The Balaban J connectivity index is 1.63. The maximum Gasteiger partial charge on any atom is 0.323 e. The first-order chi connectivity index (χ1) is 10.3. The van der Waals surface area contributed by atoms with Crippen molar-refractivity contribution in [1.82, 2.24) is 4.90 Å². The Labute approximate surface area is 128 Å². The molecule has 1 aromatic rings. The average molecular weight is 305 g/mol. The van der Waals surface area contributed by atoms with E-state index in [1.807, 2.05) is 18.2 Å². The number of likely N-dealkylation sites (tertiary alicyclic amines) is 1. The van der Waals surface area contributed by atoms with Crippen LogP contribution in [0.2, 0.25) is 0 Å². The predicted octanol–water partition coefficient (Wildman–Crippen LogP) is 2.18. The van der Waals surface area contributed by atoms with Crippen molar-refractivity contribution >= 4 is 24.1 Å². The highest BCUT2D eigenvalue weighted by atomic mass is 32.2. The van der Waals surface area contributed by atoms with Gasteiger partial charge in [-0.3, -0.25) is 9.59 Å². The van der Waals surface area contributed by atoms with Crippen LogP contribution in [0.15, 0.2) is 24.3 Å². The zero-order valence-corrected chi connectivity index (χ0v) is 12.7. The first-order valence-electron chi connectivity index (χ1n) is 7.37. The van der Waals surface area contributed by atoms with E-state index in [1.54, 1.807) is 16.7 Å². The molecule has 0 unspecified atom stereocenters. The third-order valence-corrected chi connectivity index (χ3v) is 5.34. The molecule has 1 fully saturated rings. The summed E-state index contributed by atoms with van der Waals surface area (Å²) in [5, 5.41) is -0.195. The molecule has 1 atom stereocenters. The summed E-state index contributed by atoms with van der Waals surface area (Å²) in [4.78, 5) is 24.9. The van der Waals surface area contributed by atoms with Gasteiger partial charge in [-0.05, 0) is 23.3 Å². The maximum absolute atomic E-state index is 12.5. The molecule has 21 heavy (non-hydrogen) atoms. The van der Waals surface area contributed by atoms with Gasteiger partial charge in [-0.15, -0.1) is 11.8 Å². The molecular weight excluding hydrogens is 286 g/mol. The number of ether oxygens (including phenoxy) is 1. The number of hydrogen-bond acceptors (Lipinski definition) is 4. The fourth-order valence-electron chi connectivity index (χ4n) is 2.91. The number of carbonyl (C=O) groups is 2. The molecule has 2 aliphatic heterocycles. The number of piperidine rings is 1. The Kier molecular flexibility index (Phi) is 4.48. The van der Waals surface area contributed by atoms with Crippen LogP contribution >= 0.6 is 11.8 Å². The number of nitrogens with zero attached hydrogens (tertiary/aromatic N) is 1. The molecule has 112 valence electrons. The van der Waals surface area contributed by atoms with E-state index in [9.17, 15) is 9.59 Å². The fourth-order valence-corrected chi connectivity index (χ4v) is 4.09. The van der Waals surface area contributed by atoms with Crippen molar-refractivity contribution in [3.63, 3.8) is 0 Å². The third kappa shape index (κ3) is 3.23. The van der Waals surface area contributed by atoms with E-state index in [1.165, 1.54) is 5.56 Å². The van der Waals surface area contributed by atoms with Gasteiger partial charge in [-0.25, -0.2) is 0 Å². The van der Waals surface area contributed by atoms with Crippen LogP contribution in [0.25, 0.3) is 0 Å². The van der Waals surface area contributed by atoms with Gasteiger partial charge >= 0.3 is 5.97 Å². The highest BCUT2D eigenvalue weighted by molar-refractivity contribution is 8.00. The van der Waals surface area contributed by atoms with E-state index in [2.05, 4.69) is 6.07 Å². The molecular formula is C16H19NO3S. The normalized spacial score (nSPS) is 22.5. The van der Waals surface area contributed by atoms with E-state index in [0.29, 0.717) is 13.1 Å². The molecule has 0 bridgehead atoms. The van der Waals surface area contributed by atoms with Crippen molar-refractivity contribution in [3.05, 3.63) is 35.4 Å². The van der Waals surface area contributed by atoms with E-state index in [0.717, 1.165) is 37.0 Å².